The number of carboxylic acids is 1. The van der Waals surface area contributed by atoms with E-state index in [0.29, 0.717) is 23.7 Å². The first-order chi connectivity index (χ1) is 11.5. The number of aliphatic carboxylic acids is 1. The van der Waals surface area contributed by atoms with E-state index in [1.54, 1.807) is 37.3 Å². The maximum Gasteiger partial charge on any atom is 0.326 e. The number of nitrogens with one attached hydrogen (secondary N) is 1. The van der Waals surface area contributed by atoms with Gasteiger partial charge in [0.05, 0.1) is 13.7 Å². The van der Waals surface area contributed by atoms with Crippen LogP contribution in [0.15, 0.2) is 30.4 Å². The normalized spacial score (nSPS) is 12.0. The van der Waals surface area contributed by atoms with Crippen LogP contribution in [0.1, 0.15) is 43.5 Å². The fourth-order valence-corrected chi connectivity index (χ4v) is 1.99. The van der Waals surface area contributed by atoms with Crippen molar-refractivity contribution in [3.05, 3.63) is 35.9 Å². The van der Waals surface area contributed by atoms with Crippen LogP contribution in [0.5, 0.6) is 11.5 Å². The van der Waals surface area contributed by atoms with Crippen LogP contribution in [0.3, 0.4) is 0 Å². The fourth-order valence-electron chi connectivity index (χ4n) is 1.99. The number of amides is 1. The second-order valence-corrected chi connectivity index (χ2v) is 5.24. The van der Waals surface area contributed by atoms with Crippen molar-refractivity contribution in [3.8, 4) is 11.5 Å². The predicted molar refractivity (Wildman–Crippen MR) is 91.7 cm³/mol. The van der Waals surface area contributed by atoms with Gasteiger partial charge in [0.15, 0.2) is 11.5 Å². The van der Waals surface area contributed by atoms with Gasteiger partial charge in [-0.1, -0.05) is 25.5 Å². The third kappa shape index (κ3) is 5.95. The third-order valence-electron chi connectivity index (χ3n) is 3.39. The van der Waals surface area contributed by atoms with Crippen molar-refractivity contribution in [1.82, 2.24) is 5.32 Å². The first-order valence-electron chi connectivity index (χ1n) is 7.99. The summed E-state index contributed by atoms with van der Waals surface area (Å²) in [6, 6.07) is 3.82. The van der Waals surface area contributed by atoms with E-state index >= 15 is 0 Å². The number of ether oxygens (including phenoxy) is 2. The topological polar surface area (TPSA) is 84.9 Å². The minimum absolute atomic E-state index is 0.229. The van der Waals surface area contributed by atoms with Gasteiger partial charge < -0.3 is 19.9 Å². The molecule has 0 spiro atoms. The third-order valence-corrected chi connectivity index (χ3v) is 3.39. The van der Waals surface area contributed by atoms with E-state index in [1.165, 1.54) is 7.11 Å². The number of carbonyl (C=O) groups is 2. The highest BCUT2D eigenvalue weighted by Crippen LogP contribution is 2.28. The van der Waals surface area contributed by atoms with Crippen molar-refractivity contribution < 1.29 is 24.2 Å². The molecular formula is C18H25NO5. The summed E-state index contributed by atoms with van der Waals surface area (Å²) in [6.07, 6.45) is 5.62. The second-order valence-electron chi connectivity index (χ2n) is 5.24. The highest BCUT2D eigenvalue weighted by Gasteiger charge is 2.20. The molecule has 0 aromatic heterocycles. The first kappa shape index (κ1) is 19.5. The molecule has 6 heteroatoms. The highest BCUT2D eigenvalue weighted by atomic mass is 16.5. The summed E-state index contributed by atoms with van der Waals surface area (Å²) in [5, 5.41) is 11.7. The van der Waals surface area contributed by atoms with Crippen molar-refractivity contribution in [3.63, 3.8) is 0 Å². The molecule has 0 saturated carbocycles. The molecule has 1 atom stereocenters. The lowest BCUT2D eigenvalue weighted by atomic mass is 10.1. The highest BCUT2D eigenvalue weighted by molar-refractivity contribution is 5.97. The average Bonchev–Trinajstić information content (AvgIpc) is 2.58. The number of unbranched alkanes of at least 4 members (excludes halogenated alkanes) is 1. The largest absolute Gasteiger partial charge is 0.493 e. The van der Waals surface area contributed by atoms with Gasteiger partial charge in [-0.25, -0.2) is 4.79 Å². The number of carboxylic acid groups (broad SMARTS) is 1. The number of methoxy groups -OCH3 is 1. The molecule has 6 nitrogen and oxygen atoms in total. The molecule has 0 aliphatic rings. The molecule has 0 bridgehead atoms. The monoisotopic (exact) mass is 335 g/mol. The maximum atomic E-state index is 12.3. The molecule has 24 heavy (non-hydrogen) atoms. The molecule has 0 heterocycles. The summed E-state index contributed by atoms with van der Waals surface area (Å²) >= 11 is 0. The van der Waals surface area contributed by atoms with E-state index in [-0.39, 0.29) is 6.42 Å². The molecule has 1 amide bonds. The lowest BCUT2D eigenvalue weighted by molar-refractivity contribution is -0.139. The van der Waals surface area contributed by atoms with Gasteiger partial charge in [0.1, 0.15) is 6.04 Å². The lowest BCUT2D eigenvalue weighted by Gasteiger charge is -2.15. The zero-order chi connectivity index (χ0) is 17.9. The number of benzene rings is 1. The molecule has 1 rings (SSSR count). The number of hydrogen-bond donors (Lipinski definition) is 2. The smallest absolute Gasteiger partial charge is 0.326 e. The van der Waals surface area contributed by atoms with Crippen LogP contribution < -0.4 is 14.8 Å². The van der Waals surface area contributed by atoms with Crippen LogP contribution in [0.25, 0.3) is 0 Å². The van der Waals surface area contributed by atoms with Crippen LogP contribution >= 0.6 is 0 Å². The van der Waals surface area contributed by atoms with E-state index in [1.807, 2.05) is 0 Å². The number of allylic oxidation sites excluding steroid dienone is 1. The Labute approximate surface area is 142 Å². The summed E-state index contributed by atoms with van der Waals surface area (Å²) < 4.78 is 10.9. The quantitative estimate of drug-likeness (QED) is 0.507. The molecule has 0 saturated heterocycles. The van der Waals surface area contributed by atoms with Crippen LogP contribution in [0, 0.1) is 0 Å². The summed E-state index contributed by atoms with van der Waals surface area (Å²) in [4.78, 5) is 23.5. The Balaban J connectivity index is 2.84. The molecular weight excluding hydrogens is 310 g/mol. The summed E-state index contributed by atoms with van der Waals surface area (Å²) in [7, 11) is 1.50. The Hall–Kier alpha value is -2.50. The number of carbonyl (C=O) groups excluding carboxylic acids is 1. The SMILES string of the molecule is C/C=C/CC(NC(=O)c1ccc(OCCCC)c(OC)c1)C(=O)O. The Morgan fingerprint density at radius 1 is 1.33 bits per heavy atom. The summed E-state index contributed by atoms with van der Waals surface area (Å²) in [6.45, 7) is 4.44. The van der Waals surface area contributed by atoms with Gasteiger partial charge in [0, 0.05) is 5.56 Å². The minimum Gasteiger partial charge on any atom is -0.493 e. The summed E-state index contributed by atoms with van der Waals surface area (Å²) in [5.41, 5.74) is 0.321. The maximum absolute atomic E-state index is 12.3. The van der Waals surface area contributed by atoms with Gasteiger partial charge in [-0.15, -0.1) is 0 Å². The van der Waals surface area contributed by atoms with Crippen molar-refractivity contribution in [2.24, 2.45) is 0 Å². The van der Waals surface area contributed by atoms with E-state index in [2.05, 4.69) is 12.2 Å². The van der Waals surface area contributed by atoms with Gasteiger partial charge in [0.25, 0.3) is 5.91 Å². The van der Waals surface area contributed by atoms with Gasteiger partial charge in [0.2, 0.25) is 0 Å². The second kappa shape index (κ2) is 10.3. The zero-order valence-electron chi connectivity index (χ0n) is 14.4. The first-order valence-corrected chi connectivity index (χ1v) is 7.99. The van der Waals surface area contributed by atoms with Gasteiger partial charge in [-0.05, 0) is 38.0 Å². The van der Waals surface area contributed by atoms with E-state index in [9.17, 15) is 9.59 Å². The number of rotatable bonds is 10. The minimum atomic E-state index is -1.08. The van der Waals surface area contributed by atoms with Crippen molar-refractivity contribution in [1.29, 1.82) is 0 Å². The van der Waals surface area contributed by atoms with Crippen molar-refractivity contribution in [2.75, 3.05) is 13.7 Å². The van der Waals surface area contributed by atoms with Gasteiger partial charge in [-0.2, -0.15) is 0 Å². The Morgan fingerprint density at radius 3 is 2.67 bits per heavy atom. The van der Waals surface area contributed by atoms with Crippen LogP contribution in [-0.2, 0) is 4.79 Å². The van der Waals surface area contributed by atoms with Gasteiger partial charge in [-0.3, -0.25) is 4.79 Å². The predicted octanol–water partition coefficient (Wildman–Crippen LogP) is 3.02. The van der Waals surface area contributed by atoms with E-state index < -0.39 is 17.9 Å². The molecule has 0 fully saturated rings. The Bertz CT molecular complexity index is 583. The summed E-state index contributed by atoms with van der Waals surface area (Å²) in [5.74, 6) is -0.538. The van der Waals surface area contributed by atoms with Crippen molar-refractivity contribution >= 4 is 11.9 Å². The zero-order valence-corrected chi connectivity index (χ0v) is 14.4. The van der Waals surface area contributed by atoms with Gasteiger partial charge >= 0.3 is 5.97 Å². The van der Waals surface area contributed by atoms with Crippen LogP contribution in [0.4, 0.5) is 0 Å². The number of hydrogen-bond acceptors (Lipinski definition) is 4. The molecule has 1 aromatic carbocycles. The molecule has 0 radical (unpaired) electrons. The molecule has 1 unspecified atom stereocenters. The standard InChI is InChI=1S/C18H25NO5/c1-4-6-8-14(18(21)22)19-17(20)13-9-10-15(16(12-13)23-3)24-11-7-5-2/h4,6,9-10,12,14H,5,7-8,11H2,1-3H3,(H,19,20)(H,21,22)/b6-4+. The Kier molecular flexibility index (Phi) is 8.39. The van der Waals surface area contributed by atoms with Crippen LogP contribution in [-0.4, -0.2) is 36.7 Å². The Morgan fingerprint density at radius 2 is 2.08 bits per heavy atom. The van der Waals surface area contributed by atoms with E-state index in [4.69, 9.17) is 14.6 Å². The lowest BCUT2D eigenvalue weighted by Crippen LogP contribution is -2.40. The van der Waals surface area contributed by atoms with E-state index in [0.717, 1.165) is 12.8 Å². The fraction of sp³-hybridized carbons (Fsp3) is 0.444. The van der Waals surface area contributed by atoms with Crippen LogP contribution in [0.2, 0.25) is 0 Å². The van der Waals surface area contributed by atoms with Crippen molar-refractivity contribution in [2.45, 2.75) is 39.2 Å². The molecule has 0 aliphatic heterocycles. The molecule has 1 aromatic rings. The molecule has 2 N–H and O–H groups in total. The molecule has 132 valence electrons. The average molecular weight is 335 g/mol. The molecule has 0 aliphatic carbocycles.